The summed E-state index contributed by atoms with van der Waals surface area (Å²) in [6.45, 7) is 9.53. The van der Waals surface area contributed by atoms with Crippen LogP contribution in [0.1, 0.15) is 50.5 Å². The van der Waals surface area contributed by atoms with Crippen molar-refractivity contribution in [3.8, 4) is 5.75 Å². The first-order chi connectivity index (χ1) is 19.0. The number of hydrogen-bond donors (Lipinski definition) is 0. The van der Waals surface area contributed by atoms with Crippen LogP contribution in [0.25, 0.3) is 5.57 Å². The third-order valence-corrected chi connectivity index (χ3v) is 9.39. The number of thiocarbonyl (C=S) groups is 1. The highest BCUT2D eigenvalue weighted by atomic mass is 32.2. The lowest BCUT2D eigenvalue weighted by molar-refractivity contribution is -0.140. The molecule has 0 unspecified atom stereocenters. The highest BCUT2D eigenvalue weighted by Crippen LogP contribution is 2.56. The zero-order valence-electron chi connectivity index (χ0n) is 22.7. The Morgan fingerprint density at radius 2 is 1.55 bits per heavy atom. The van der Waals surface area contributed by atoms with Crippen LogP contribution in [0.4, 0.5) is 10.1 Å². The first-order valence-electron chi connectivity index (χ1n) is 12.7. The number of carbonyl (C=O) groups excluding carboxylic acids is 3. The Morgan fingerprint density at radius 1 is 0.925 bits per heavy atom. The van der Waals surface area contributed by atoms with E-state index < -0.39 is 29.2 Å². The van der Waals surface area contributed by atoms with Crippen LogP contribution in [0, 0.1) is 5.82 Å². The van der Waals surface area contributed by atoms with Crippen LogP contribution in [-0.4, -0.2) is 48.1 Å². The summed E-state index contributed by atoms with van der Waals surface area (Å²) in [4.78, 5) is 41.7. The van der Waals surface area contributed by atoms with Crippen molar-refractivity contribution in [2.24, 2.45) is 0 Å². The predicted octanol–water partition coefficient (Wildman–Crippen LogP) is 6.52. The molecule has 0 bridgehead atoms. The summed E-state index contributed by atoms with van der Waals surface area (Å²) >= 11 is 8.20. The molecule has 0 aliphatic carbocycles. The molecule has 2 heterocycles. The molecule has 0 spiro atoms. The second-order valence-electron chi connectivity index (χ2n) is 9.12. The number of fused-ring (bicyclic) bond motifs is 1. The number of halogens is 1. The minimum atomic E-state index is -1.04. The average Bonchev–Trinajstić information content (AvgIpc) is 3.35. The largest absolute Gasteiger partial charge is 0.494 e. The molecule has 2 aromatic rings. The van der Waals surface area contributed by atoms with Crippen molar-refractivity contribution in [1.82, 2.24) is 0 Å². The van der Waals surface area contributed by atoms with Crippen molar-refractivity contribution in [3.05, 3.63) is 73.5 Å². The van der Waals surface area contributed by atoms with Gasteiger partial charge in [0.1, 0.15) is 21.4 Å². The first kappa shape index (κ1) is 29.8. The number of rotatable bonds is 7. The van der Waals surface area contributed by atoms with Gasteiger partial charge in [0.25, 0.3) is 5.91 Å². The van der Waals surface area contributed by atoms with Crippen molar-refractivity contribution in [2.45, 2.75) is 40.2 Å². The number of thioether (sulfide) groups is 2. The summed E-state index contributed by atoms with van der Waals surface area (Å²) in [5, 5.41) is 0. The number of hydrogen-bond acceptors (Lipinski definition) is 9. The van der Waals surface area contributed by atoms with E-state index in [0.29, 0.717) is 38.3 Å². The second-order valence-corrected chi connectivity index (χ2v) is 11.8. The van der Waals surface area contributed by atoms with Gasteiger partial charge in [0.05, 0.1) is 40.1 Å². The molecule has 1 amide bonds. The maximum atomic E-state index is 14.1. The average molecular weight is 602 g/mol. The standard InChI is InChI=1S/C29H28FNO6S3/c1-6-35-18-12-13-20-19(15-18)21(28-39-22(26(33)36-7-2)23(40-28)27(34)37-8-3)24(38)29(4,5)31(20)25(32)16-10-9-11-17(30)14-16/h9-15H,6-8H2,1-5H3. The molecular weight excluding hydrogens is 574 g/mol. The van der Waals surface area contributed by atoms with Crippen LogP contribution in [0.2, 0.25) is 0 Å². The number of anilines is 1. The number of ether oxygens (including phenoxy) is 3. The van der Waals surface area contributed by atoms with E-state index in [4.69, 9.17) is 26.4 Å². The summed E-state index contributed by atoms with van der Waals surface area (Å²) in [6.07, 6.45) is 0. The Kier molecular flexibility index (Phi) is 9.06. The van der Waals surface area contributed by atoms with Crippen LogP contribution in [-0.2, 0) is 19.1 Å². The topological polar surface area (TPSA) is 82.1 Å². The fraction of sp³-hybridized carbons (Fsp3) is 0.310. The molecule has 0 radical (unpaired) electrons. The fourth-order valence-corrected chi connectivity index (χ4v) is 7.36. The molecule has 11 heteroatoms. The lowest BCUT2D eigenvalue weighted by atomic mass is 9.82. The molecule has 0 atom stereocenters. The first-order valence-corrected chi connectivity index (χ1v) is 14.7. The quantitative estimate of drug-likeness (QED) is 0.200. The van der Waals surface area contributed by atoms with Gasteiger partial charge in [0, 0.05) is 16.7 Å². The molecule has 0 fully saturated rings. The van der Waals surface area contributed by atoms with E-state index in [2.05, 4.69) is 0 Å². The highest BCUT2D eigenvalue weighted by molar-refractivity contribution is 8.29. The third kappa shape index (κ3) is 5.55. The zero-order chi connectivity index (χ0) is 29.2. The second kappa shape index (κ2) is 12.2. The maximum absolute atomic E-state index is 14.1. The number of nitrogens with zero attached hydrogens (tertiary/aromatic N) is 1. The van der Waals surface area contributed by atoms with E-state index in [-0.39, 0.29) is 28.6 Å². The normalized spacial score (nSPS) is 16.1. The van der Waals surface area contributed by atoms with Gasteiger partial charge in [-0.05, 0) is 71.0 Å². The van der Waals surface area contributed by atoms with Gasteiger partial charge < -0.3 is 14.2 Å². The van der Waals surface area contributed by atoms with Crippen LogP contribution in [0.3, 0.4) is 0 Å². The molecular formula is C29H28FNO6S3. The van der Waals surface area contributed by atoms with Gasteiger partial charge in [-0.3, -0.25) is 9.69 Å². The SMILES string of the molecule is CCOC(=O)C1=C(C(=O)OCC)SC(=C2C(=S)C(C)(C)N(C(=O)c3cccc(F)c3)c3ccc(OCC)cc32)S1. The van der Waals surface area contributed by atoms with E-state index in [1.165, 1.54) is 18.2 Å². The van der Waals surface area contributed by atoms with Gasteiger partial charge in [0.2, 0.25) is 0 Å². The van der Waals surface area contributed by atoms with E-state index in [9.17, 15) is 18.8 Å². The minimum absolute atomic E-state index is 0.120. The summed E-state index contributed by atoms with van der Waals surface area (Å²) in [6, 6.07) is 10.8. The fourth-order valence-electron chi connectivity index (χ4n) is 4.38. The Morgan fingerprint density at radius 3 is 2.10 bits per heavy atom. The Labute approximate surface area is 246 Å². The van der Waals surface area contributed by atoms with E-state index in [1.54, 1.807) is 43.0 Å². The van der Waals surface area contributed by atoms with E-state index >= 15 is 0 Å². The van der Waals surface area contributed by atoms with E-state index in [1.807, 2.05) is 20.8 Å². The van der Waals surface area contributed by atoms with Gasteiger partial charge in [-0.15, -0.1) is 0 Å². The van der Waals surface area contributed by atoms with Crippen LogP contribution >= 0.6 is 35.7 Å². The monoisotopic (exact) mass is 601 g/mol. The van der Waals surface area contributed by atoms with Crippen LogP contribution in [0.5, 0.6) is 5.75 Å². The molecule has 0 aromatic heterocycles. The zero-order valence-corrected chi connectivity index (χ0v) is 25.1. The van der Waals surface area contributed by atoms with Gasteiger partial charge in [-0.25, -0.2) is 14.0 Å². The highest BCUT2D eigenvalue weighted by Gasteiger charge is 2.46. The summed E-state index contributed by atoms with van der Waals surface area (Å²) in [5.74, 6) is -1.67. The molecule has 0 saturated carbocycles. The summed E-state index contributed by atoms with van der Waals surface area (Å²) in [5.41, 5.74) is 0.841. The van der Waals surface area contributed by atoms with Crippen molar-refractivity contribution >= 4 is 69.7 Å². The molecule has 4 rings (SSSR count). The van der Waals surface area contributed by atoms with Crippen molar-refractivity contribution in [2.75, 3.05) is 24.7 Å². The Hall–Kier alpha value is -3.15. The van der Waals surface area contributed by atoms with Crippen LogP contribution < -0.4 is 9.64 Å². The lowest BCUT2D eigenvalue weighted by Gasteiger charge is -2.45. The van der Waals surface area contributed by atoms with Gasteiger partial charge >= 0.3 is 11.9 Å². The van der Waals surface area contributed by atoms with Gasteiger partial charge in [-0.1, -0.05) is 41.8 Å². The molecule has 40 heavy (non-hydrogen) atoms. The smallest absolute Gasteiger partial charge is 0.346 e. The summed E-state index contributed by atoms with van der Waals surface area (Å²) < 4.78 is 30.8. The third-order valence-electron chi connectivity index (χ3n) is 6.13. The summed E-state index contributed by atoms with van der Waals surface area (Å²) in [7, 11) is 0. The van der Waals surface area contributed by atoms with Crippen molar-refractivity contribution in [3.63, 3.8) is 0 Å². The number of carbonyl (C=O) groups is 3. The Balaban J connectivity index is 1.92. The molecule has 210 valence electrons. The number of benzene rings is 2. The van der Waals surface area contributed by atoms with Crippen molar-refractivity contribution < 1.29 is 33.0 Å². The molecule has 7 nitrogen and oxygen atoms in total. The van der Waals surface area contributed by atoms with Gasteiger partial charge in [-0.2, -0.15) is 0 Å². The molecule has 2 aliphatic heterocycles. The predicted molar refractivity (Wildman–Crippen MR) is 160 cm³/mol. The number of amides is 1. The van der Waals surface area contributed by atoms with Crippen LogP contribution in [0.15, 0.2) is 56.5 Å². The minimum Gasteiger partial charge on any atom is -0.494 e. The molecule has 0 N–H and O–H groups in total. The van der Waals surface area contributed by atoms with Crippen molar-refractivity contribution in [1.29, 1.82) is 0 Å². The lowest BCUT2D eigenvalue weighted by Crippen LogP contribution is -2.56. The number of esters is 2. The molecule has 0 saturated heterocycles. The molecule has 2 aliphatic rings. The van der Waals surface area contributed by atoms with Gasteiger partial charge in [0.15, 0.2) is 0 Å². The molecule has 2 aromatic carbocycles. The van der Waals surface area contributed by atoms with E-state index in [0.717, 1.165) is 23.5 Å². The Bertz CT molecular complexity index is 1430. The maximum Gasteiger partial charge on any atom is 0.346 e.